The largest absolute Gasteiger partial charge is 0.355 e. The van der Waals surface area contributed by atoms with E-state index < -0.39 is 14.6 Å². The number of halogens is 1. The first-order valence-corrected chi connectivity index (χ1v) is 9.43. The van der Waals surface area contributed by atoms with Crippen molar-refractivity contribution in [1.29, 1.82) is 0 Å². The minimum Gasteiger partial charge on any atom is -0.355 e. The Morgan fingerprint density at radius 1 is 1.41 bits per heavy atom. The molecule has 0 saturated carbocycles. The molecular weight excluding hydrogens is 433 g/mol. The van der Waals surface area contributed by atoms with Gasteiger partial charge in [0.1, 0.15) is 0 Å². The Labute approximate surface area is 154 Å². The Bertz CT molecular complexity index is 563. The Morgan fingerprint density at radius 3 is 2.50 bits per heavy atom. The van der Waals surface area contributed by atoms with Gasteiger partial charge in [-0.2, -0.15) is 0 Å². The van der Waals surface area contributed by atoms with Gasteiger partial charge in [-0.1, -0.05) is 6.07 Å². The van der Waals surface area contributed by atoms with Crippen LogP contribution in [0.1, 0.15) is 38.6 Å². The topological polar surface area (TPSA) is 70.6 Å². The van der Waals surface area contributed by atoms with Gasteiger partial charge in [-0.25, -0.2) is 8.42 Å². The van der Waals surface area contributed by atoms with E-state index >= 15 is 0 Å². The maximum atomic E-state index is 12.0. The third-order valence-corrected chi connectivity index (χ3v) is 6.81. The second kappa shape index (κ2) is 9.07. The zero-order valence-corrected chi connectivity index (χ0v) is 17.7. The van der Waals surface area contributed by atoms with Crippen LogP contribution in [-0.4, -0.2) is 38.5 Å². The lowest BCUT2D eigenvalue weighted by Gasteiger charge is -2.20. The fourth-order valence-electron chi connectivity index (χ4n) is 1.62. The maximum Gasteiger partial charge on any atom is 0.191 e. The van der Waals surface area contributed by atoms with Crippen LogP contribution in [0.4, 0.5) is 0 Å². The molecule has 1 rings (SSSR count). The van der Waals surface area contributed by atoms with Crippen LogP contribution in [-0.2, 0) is 9.84 Å². The van der Waals surface area contributed by atoms with Crippen molar-refractivity contribution in [2.24, 2.45) is 4.99 Å². The van der Waals surface area contributed by atoms with Crippen LogP contribution in [0.2, 0.25) is 0 Å². The monoisotopic (exact) mass is 459 g/mol. The summed E-state index contributed by atoms with van der Waals surface area (Å²) in [6, 6.07) is 4.19. The summed E-state index contributed by atoms with van der Waals surface area (Å²) in [7, 11) is -1.44. The number of sulfone groups is 1. The van der Waals surface area contributed by atoms with Crippen LogP contribution in [0.15, 0.2) is 22.5 Å². The minimum atomic E-state index is -3.12. The van der Waals surface area contributed by atoms with E-state index in [4.69, 9.17) is 0 Å². The Hall–Kier alpha value is -0.350. The molecule has 0 bridgehead atoms. The van der Waals surface area contributed by atoms with E-state index in [0.717, 1.165) is 0 Å². The molecule has 8 heteroatoms. The van der Waals surface area contributed by atoms with Crippen LogP contribution in [0.25, 0.3) is 0 Å². The standard InChI is InChI=1S/C14H25N3O2S2.HI/c1-11(12-7-6-9-20-12)17-13(15-5)16-8-10-21(18,19)14(2,3)4;/h6-7,9,11H,8,10H2,1-5H3,(H2,15,16,17);1H. The third-order valence-electron chi connectivity index (χ3n) is 3.14. The van der Waals surface area contributed by atoms with E-state index in [1.807, 2.05) is 18.4 Å². The normalized spacial score (nSPS) is 14.1. The van der Waals surface area contributed by atoms with Gasteiger partial charge in [0.05, 0.1) is 16.5 Å². The zero-order valence-electron chi connectivity index (χ0n) is 13.7. The van der Waals surface area contributed by atoms with Gasteiger partial charge in [-0.15, -0.1) is 35.3 Å². The van der Waals surface area contributed by atoms with Gasteiger partial charge in [0.15, 0.2) is 15.8 Å². The summed E-state index contributed by atoms with van der Waals surface area (Å²) in [5.41, 5.74) is 0. The highest BCUT2D eigenvalue weighted by Gasteiger charge is 2.28. The number of aliphatic imine (C=N–C) groups is 1. The predicted molar refractivity (Wildman–Crippen MR) is 106 cm³/mol. The van der Waals surface area contributed by atoms with E-state index in [0.29, 0.717) is 12.5 Å². The first-order chi connectivity index (χ1) is 9.67. The lowest BCUT2D eigenvalue weighted by atomic mass is 10.3. The highest BCUT2D eigenvalue weighted by Crippen LogP contribution is 2.18. The SMILES string of the molecule is CN=C(NCCS(=O)(=O)C(C)(C)C)NC(C)c1cccs1.I. The average Bonchev–Trinajstić information content (AvgIpc) is 2.89. The molecule has 2 N–H and O–H groups in total. The highest BCUT2D eigenvalue weighted by atomic mass is 127. The second-order valence-corrected chi connectivity index (χ2v) is 9.65. The molecule has 0 aliphatic heterocycles. The first-order valence-electron chi connectivity index (χ1n) is 6.90. The number of nitrogens with zero attached hydrogens (tertiary/aromatic N) is 1. The van der Waals surface area contributed by atoms with Gasteiger partial charge >= 0.3 is 0 Å². The zero-order chi connectivity index (χ0) is 16.1. The number of guanidine groups is 1. The number of hydrogen-bond acceptors (Lipinski definition) is 4. The summed E-state index contributed by atoms with van der Waals surface area (Å²) in [4.78, 5) is 5.33. The Morgan fingerprint density at radius 2 is 2.05 bits per heavy atom. The number of hydrogen-bond donors (Lipinski definition) is 2. The Kier molecular flexibility index (Phi) is 8.93. The smallest absolute Gasteiger partial charge is 0.191 e. The van der Waals surface area contributed by atoms with Crippen molar-refractivity contribution in [2.75, 3.05) is 19.3 Å². The van der Waals surface area contributed by atoms with E-state index in [9.17, 15) is 8.42 Å². The summed E-state index contributed by atoms with van der Waals surface area (Å²) in [6.07, 6.45) is 0. The molecule has 1 aromatic rings. The van der Waals surface area contributed by atoms with E-state index in [1.54, 1.807) is 39.2 Å². The number of nitrogens with one attached hydrogen (secondary N) is 2. The molecule has 0 radical (unpaired) electrons. The second-order valence-electron chi connectivity index (χ2n) is 5.81. The fraction of sp³-hybridized carbons (Fsp3) is 0.643. The van der Waals surface area contributed by atoms with Crippen molar-refractivity contribution >= 4 is 51.1 Å². The lowest BCUT2D eigenvalue weighted by molar-refractivity contribution is 0.558. The molecule has 0 aliphatic carbocycles. The molecule has 0 fully saturated rings. The van der Waals surface area contributed by atoms with Gasteiger partial charge in [0, 0.05) is 18.5 Å². The highest BCUT2D eigenvalue weighted by molar-refractivity contribution is 14.0. The van der Waals surface area contributed by atoms with Crippen LogP contribution in [0, 0.1) is 0 Å². The lowest BCUT2D eigenvalue weighted by Crippen LogP contribution is -2.42. The summed E-state index contributed by atoms with van der Waals surface area (Å²) in [5, 5.41) is 8.33. The molecule has 1 heterocycles. The van der Waals surface area contributed by atoms with Crippen molar-refractivity contribution in [2.45, 2.75) is 38.5 Å². The van der Waals surface area contributed by atoms with Crippen molar-refractivity contribution in [3.8, 4) is 0 Å². The van der Waals surface area contributed by atoms with Gasteiger partial charge in [-0.05, 0) is 39.1 Å². The molecule has 0 amide bonds. The number of rotatable bonds is 5. The van der Waals surface area contributed by atoms with Crippen LogP contribution < -0.4 is 10.6 Å². The van der Waals surface area contributed by atoms with Crippen LogP contribution in [0.3, 0.4) is 0 Å². The summed E-state index contributed by atoms with van der Waals surface area (Å²) >= 11 is 1.67. The van der Waals surface area contributed by atoms with Crippen molar-refractivity contribution in [3.05, 3.63) is 22.4 Å². The average molecular weight is 459 g/mol. The number of thiophene rings is 1. The Balaban J connectivity index is 0.00000441. The molecule has 1 unspecified atom stereocenters. The van der Waals surface area contributed by atoms with Crippen molar-refractivity contribution < 1.29 is 8.42 Å². The molecule has 0 aromatic carbocycles. The molecule has 22 heavy (non-hydrogen) atoms. The molecule has 5 nitrogen and oxygen atoms in total. The van der Waals surface area contributed by atoms with Gasteiger partial charge in [-0.3, -0.25) is 4.99 Å². The molecule has 0 spiro atoms. The van der Waals surface area contributed by atoms with Crippen molar-refractivity contribution in [1.82, 2.24) is 10.6 Å². The maximum absolute atomic E-state index is 12.0. The molecular formula is C14H26IN3O2S2. The predicted octanol–water partition coefficient (Wildman–Crippen LogP) is 2.81. The van der Waals surface area contributed by atoms with Crippen molar-refractivity contribution in [3.63, 3.8) is 0 Å². The van der Waals surface area contributed by atoms with Gasteiger partial charge < -0.3 is 10.6 Å². The first kappa shape index (κ1) is 21.6. The summed E-state index contributed by atoms with van der Waals surface area (Å²) < 4.78 is 23.3. The molecule has 1 atom stereocenters. The third kappa shape index (κ3) is 6.41. The summed E-state index contributed by atoms with van der Waals surface area (Å²) in [5.74, 6) is 0.699. The fourth-order valence-corrected chi connectivity index (χ4v) is 3.34. The van der Waals surface area contributed by atoms with Gasteiger partial charge in [0.2, 0.25) is 0 Å². The quantitative estimate of drug-likeness (QED) is 0.404. The molecule has 0 aliphatic rings. The molecule has 128 valence electrons. The van der Waals surface area contributed by atoms with Gasteiger partial charge in [0.25, 0.3) is 0 Å². The minimum absolute atomic E-state index is 0. The molecule has 0 saturated heterocycles. The van der Waals surface area contributed by atoms with E-state index in [2.05, 4.69) is 21.7 Å². The van der Waals surface area contributed by atoms with E-state index in [1.165, 1.54) is 4.88 Å². The van der Waals surface area contributed by atoms with E-state index in [-0.39, 0.29) is 35.8 Å². The van der Waals surface area contributed by atoms with Crippen LogP contribution >= 0.6 is 35.3 Å². The molecule has 1 aromatic heterocycles. The summed E-state index contributed by atoms with van der Waals surface area (Å²) in [6.45, 7) is 7.54. The van der Waals surface area contributed by atoms with Crippen LogP contribution in [0.5, 0.6) is 0 Å².